The molecule has 0 saturated heterocycles. The normalized spacial score (nSPS) is 22.4. The van der Waals surface area contributed by atoms with E-state index in [4.69, 9.17) is 4.74 Å². The lowest BCUT2D eigenvalue weighted by atomic mass is 9.77. The Kier molecular flexibility index (Phi) is 3.50. The number of thiophene rings is 1. The first-order valence-electron chi connectivity index (χ1n) is 6.76. The fraction of sp³-hybridized carbons (Fsp3) is 0.714. The van der Waals surface area contributed by atoms with E-state index in [0.29, 0.717) is 0 Å². The maximum Gasteiger partial charge on any atom is 0.0816 e. The van der Waals surface area contributed by atoms with Gasteiger partial charge in [-0.1, -0.05) is 6.07 Å². The van der Waals surface area contributed by atoms with Crippen molar-refractivity contribution in [2.24, 2.45) is 0 Å². The lowest BCUT2D eigenvalue weighted by Crippen LogP contribution is -2.42. The van der Waals surface area contributed by atoms with E-state index in [0.717, 1.165) is 19.2 Å². The Balaban J connectivity index is 1.43. The summed E-state index contributed by atoms with van der Waals surface area (Å²) in [6.45, 7) is 1.94. The molecule has 1 aromatic rings. The van der Waals surface area contributed by atoms with Crippen molar-refractivity contribution in [3.05, 3.63) is 22.4 Å². The van der Waals surface area contributed by atoms with Crippen molar-refractivity contribution >= 4 is 11.3 Å². The van der Waals surface area contributed by atoms with E-state index in [9.17, 15) is 0 Å². The zero-order valence-electron chi connectivity index (χ0n) is 10.3. The lowest BCUT2D eigenvalue weighted by Gasteiger charge is -2.42. The van der Waals surface area contributed by atoms with E-state index in [1.165, 1.54) is 43.4 Å². The van der Waals surface area contributed by atoms with Crippen molar-refractivity contribution < 1.29 is 4.74 Å². The van der Waals surface area contributed by atoms with Crippen LogP contribution in [0.3, 0.4) is 0 Å². The summed E-state index contributed by atoms with van der Waals surface area (Å²) in [7, 11) is 0. The highest BCUT2D eigenvalue weighted by Crippen LogP contribution is 2.39. The molecular formula is C14H21NOS. The average molecular weight is 251 g/mol. The molecule has 3 heteroatoms. The summed E-state index contributed by atoms with van der Waals surface area (Å²) in [5, 5.41) is 5.72. The first kappa shape index (κ1) is 11.7. The Morgan fingerprint density at radius 2 is 2.29 bits per heavy atom. The molecule has 2 aliphatic rings. The molecule has 0 aliphatic heterocycles. The van der Waals surface area contributed by atoms with Gasteiger partial charge in [-0.3, -0.25) is 0 Å². The molecule has 2 fully saturated rings. The van der Waals surface area contributed by atoms with Crippen LogP contribution in [-0.2, 0) is 11.3 Å². The minimum Gasteiger partial charge on any atom is -0.369 e. The molecule has 3 rings (SSSR count). The van der Waals surface area contributed by atoms with Crippen LogP contribution in [0.2, 0.25) is 0 Å². The molecular weight excluding hydrogens is 230 g/mol. The topological polar surface area (TPSA) is 21.3 Å². The fourth-order valence-corrected chi connectivity index (χ4v) is 3.06. The van der Waals surface area contributed by atoms with Crippen LogP contribution in [0.15, 0.2) is 17.5 Å². The van der Waals surface area contributed by atoms with E-state index in [1.807, 2.05) is 0 Å². The van der Waals surface area contributed by atoms with Crippen LogP contribution in [0.1, 0.15) is 43.4 Å². The first-order valence-corrected chi connectivity index (χ1v) is 7.64. The Labute approximate surface area is 107 Å². The van der Waals surface area contributed by atoms with E-state index in [1.54, 1.807) is 11.3 Å². The van der Waals surface area contributed by atoms with E-state index >= 15 is 0 Å². The molecule has 17 heavy (non-hydrogen) atoms. The van der Waals surface area contributed by atoms with E-state index < -0.39 is 0 Å². The lowest BCUT2D eigenvalue weighted by molar-refractivity contribution is -0.113. The second-order valence-corrected chi connectivity index (χ2v) is 6.42. The van der Waals surface area contributed by atoms with Gasteiger partial charge in [-0.2, -0.15) is 0 Å². The fourth-order valence-electron chi connectivity index (χ4n) is 2.45. The van der Waals surface area contributed by atoms with Gasteiger partial charge in [0.15, 0.2) is 0 Å². The van der Waals surface area contributed by atoms with E-state index in [-0.39, 0.29) is 5.60 Å². The van der Waals surface area contributed by atoms with Gasteiger partial charge in [0.1, 0.15) is 0 Å². The molecule has 0 unspecified atom stereocenters. The van der Waals surface area contributed by atoms with Gasteiger partial charge in [-0.25, -0.2) is 0 Å². The molecule has 94 valence electrons. The zero-order valence-corrected chi connectivity index (χ0v) is 11.1. The van der Waals surface area contributed by atoms with Crippen molar-refractivity contribution in [2.75, 3.05) is 6.54 Å². The minimum absolute atomic E-state index is 0.200. The van der Waals surface area contributed by atoms with Gasteiger partial charge in [-0.05, 0) is 56.5 Å². The molecule has 2 aliphatic carbocycles. The molecule has 1 N–H and O–H groups in total. The Morgan fingerprint density at radius 3 is 2.88 bits per heavy atom. The highest BCUT2D eigenvalue weighted by atomic mass is 32.1. The summed E-state index contributed by atoms with van der Waals surface area (Å²) in [5.41, 5.74) is 0.200. The number of nitrogens with one attached hydrogen (secondary N) is 1. The Hall–Kier alpha value is -0.380. The number of rotatable bonds is 7. The second-order valence-electron chi connectivity index (χ2n) is 5.38. The quantitative estimate of drug-likeness (QED) is 0.802. The van der Waals surface area contributed by atoms with Crippen LogP contribution in [-0.4, -0.2) is 18.2 Å². The molecule has 0 bridgehead atoms. The third-order valence-electron chi connectivity index (χ3n) is 3.96. The van der Waals surface area contributed by atoms with Crippen molar-refractivity contribution in [1.29, 1.82) is 0 Å². The van der Waals surface area contributed by atoms with Gasteiger partial charge in [0, 0.05) is 10.9 Å². The third kappa shape index (κ3) is 3.09. The van der Waals surface area contributed by atoms with Crippen molar-refractivity contribution in [1.82, 2.24) is 5.32 Å². The van der Waals surface area contributed by atoms with Gasteiger partial charge < -0.3 is 10.1 Å². The standard InChI is InChI=1S/C14H21NOS/c1-3-13(17-10-1)11-16-14(6-2-7-14)8-9-15-12-4-5-12/h1,3,10,12,15H,2,4-9,11H2. The number of hydrogen-bond donors (Lipinski definition) is 1. The first-order chi connectivity index (χ1) is 8.36. The Morgan fingerprint density at radius 1 is 1.41 bits per heavy atom. The molecule has 0 radical (unpaired) electrons. The van der Waals surface area contributed by atoms with Crippen LogP contribution >= 0.6 is 11.3 Å². The third-order valence-corrected chi connectivity index (χ3v) is 4.81. The molecule has 2 nitrogen and oxygen atoms in total. The van der Waals surface area contributed by atoms with Crippen molar-refractivity contribution in [3.8, 4) is 0 Å². The Bertz CT molecular complexity index is 341. The minimum atomic E-state index is 0.200. The molecule has 1 aromatic heterocycles. The summed E-state index contributed by atoms with van der Waals surface area (Å²) in [6.07, 6.45) is 7.80. The van der Waals surface area contributed by atoms with Crippen LogP contribution in [0.4, 0.5) is 0 Å². The summed E-state index contributed by atoms with van der Waals surface area (Å²) in [5.74, 6) is 0. The molecule has 0 aromatic carbocycles. The van der Waals surface area contributed by atoms with E-state index in [2.05, 4.69) is 22.8 Å². The van der Waals surface area contributed by atoms with Crippen LogP contribution in [0, 0.1) is 0 Å². The van der Waals surface area contributed by atoms with Crippen molar-refractivity contribution in [2.45, 2.75) is 56.8 Å². The maximum atomic E-state index is 6.18. The summed E-state index contributed by atoms with van der Waals surface area (Å²) in [4.78, 5) is 1.35. The maximum absolute atomic E-state index is 6.18. The van der Waals surface area contributed by atoms with Gasteiger partial charge in [0.25, 0.3) is 0 Å². The molecule has 0 amide bonds. The van der Waals surface area contributed by atoms with Crippen LogP contribution in [0.5, 0.6) is 0 Å². The monoisotopic (exact) mass is 251 g/mol. The van der Waals surface area contributed by atoms with Gasteiger partial charge in [-0.15, -0.1) is 11.3 Å². The van der Waals surface area contributed by atoms with Gasteiger partial charge in [0.2, 0.25) is 0 Å². The van der Waals surface area contributed by atoms with Crippen LogP contribution < -0.4 is 5.32 Å². The highest BCUT2D eigenvalue weighted by molar-refractivity contribution is 7.09. The predicted octanol–water partition coefficient (Wildman–Crippen LogP) is 3.33. The summed E-state index contributed by atoms with van der Waals surface area (Å²) >= 11 is 1.80. The SMILES string of the molecule is c1csc(COC2(CCNC3CC3)CCC2)c1. The largest absolute Gasteiger partial charge is 0.369 e. The highest BCUT2D eigenvalue weighted by Gasteiger charge is 2.37. The van der Waals surface area contributed by atoms with Gasteiger partial charge in [0.05, 0.1) is 12.2 Å². The number of hydrogen-bond acceptors (Lipinski definition) is 3. The van der Waals surface area contributed by atoms with Gasteiger partial charge >= 0.3 is 0 Å². The second kappa shape index (κ2) is 5.09. The average Bonchev–Trinajstić information content (AvgIpc) is 2.95. The molecule has 2 saturated carbocycles. The van der Waals surface area contributed by atoms with Crippen molar-refractivity contribution in [3.63, 3.8) is 0 Å². The predicted molar refractivity (Wildman–Crippen MR) is 71.3 cm³/mol. The molecule has 0 atom stereocenters. The number of ether oxygens (including phenoxy) is 1. The zero-order chi connectivity index (χ0) is 11.6. The molecule has 0 spiro atoms. The smallest absolute Gasteiger partial charge is 0.0816 e. The summed E-state index contributed by atoms with van der Waals surface area (Å²) < 4.78 is 6.18. The molecule has 1 heterocycles. The summed E-state index contributed by atoms with van der Waals surface area (Å²) in [6, 6.07) is 5.09. The van der Waals surface area contributed by atoms with Crippen LogP contribution in [0.25, 0.3) is 0 Å².